The fourth-order valence-corrected chi connectivity index (χ4v) is 3.79. The van der Waals surface area contributed by atoms with Crippen LogP contribution in [-0.2, 0) is 4.79 Å². The molecule has 1 N–H and O–H groups in total. The van der Waals surface area contributed by atoms with Gasteiger partial charge in [-0.1, -0.05) is 53.7 Å². The highest BCUT2D eigenvalue weighted by atomic mass is 35.5. The summed E-state index contributed by atoms with van der Waals surface area (Å²) >= 11 is 7.51. The van der Waals surface area contributed by atoms with E-state index in [1.165, 1.54) is 11.8 Å². The Hall–Kier alpha value is -2.83. The number of aromatic nitrogens is 2. The van der Waals surface area contributed by atoms with E-state index in [-0.39, 0.29) is 11.2 Å². The maximum absolute atomic E-state index is 12.7. The van der Waals surface area contributed by atoms with E-state index >= 15 is 0 Å². The van der Waals surface area contributed by atoms with E-state index in [4.69, 9.17) is 16.0 Å². The molecule has 140 valence electrons. The Labute approximate surface area is 171 Å². The number of amides is 1. The van der Waals surface area contributed by atoms with E-state index in [0.29, 0.717) is 22.3 Å². The van der Waals surface area contributed by atoms with Gasteiger partial charge >= 0.3 is 0 Å². The number of nitrogens with zero attached hydrogens (tertiary/aromatic N) is 2. The summed E-state index contributed by atoms with van der Waals surface area (Å²) in [5, 5.41) is 4.59. The van der Waals surface area contributed by atoms with Gasteiger partial charge < -0.3 is 9.73 Å². The van der Waals surface area contributed by atoms with Gasteiger partial charge in [-0.05, 0) is 37.3 Å². The molecule has 1 amide bonds. The van der Waals surface area contributed by atoms with Gasteiger partial charge in [0.1, 0.15) is 5.03 Å². The Morgan fingerprint density at radius 2 is 1.86 bits per heavy atom. The summed E-state index contributed by atoms with van der Waals surface area (Å²) in [5.74, 6) is 0.922. The molecule has 0 bridgehead atoms. The normalized spacial score (nSPS) is 12.1. The van der Waals surface area contributed by atoms with Crippen LogP contribution in [0.3, 0.4) is 0 Å². The van der Waals surface area contributed by atoms with Crippen LogP contribution in [0.2, 0.25) is 5.02 Å². The number of thioether (sulfide) groups is 1. The van der Waals surface area contributed by atoms with Crippen molar-refractivity contribution >= 4 is 45.9 Å². The zero-order valence-corrected chi connectivity index (χ0v) is 16.5. The first-order chi connectivity index (χ1) is 13.6. The van der Waals surface area contributed by atoms with Gasteiger partial charge in [0.2, 0.25) is 5.91 Å². The van der Waals surface area contributed by atoms with Crippen LogP contribution < -0.4 is 5.32 Å². The maximum Gasteiger partial charge on any atom is 0.237 e. The highest BCUT2D eigenvalue weighted by Crippen LogP contribution is 2.32. The largest absolute Gasteiger partial charge is 0.461 e. The monoisotopic (exact) mass is 409 g/mol. The van der Waals surface area contributed by atoms with Crippen molar-refractivity contribution in [2.75, 3.05) is 5.32 Å². The molecule has 7 heteroatoms. The van der Waals surface area contributed by atoms with Gasteiger partial charge in [0.15, 0.2) is 11.6 Å². The molecule has 0 spiro atoms. The number of halogens is 1. The maximum atomic E-state index is 12.7. The third-order valence-corrected chi connectivity index (χ3v) is 5.53. The van der Waals surface area contributed by atoms with E-state index < -0.39 is 0 Å². The van der Waals surface area contributed by atoms with Crippen LogP contribution in [0.1, 0.15) is 6.92 Å². The summed E-state index contributed by atoms with van der Waals surface area (Å²) < 4.78 is 5.44. The van der Waals surface area contributed by atoms with Crippen molar-refractivity contribution in [1.29, 1.82) is 0 Å². The van der Waals surface area contributed by atoms with E-state index in [0.717, 1.165) is 15.9 Å². The predicted octanol–water partition coefficient (Wildman–Crippen LogP) is 5.66. The fraction of sp³-hybridized carbons (Fsp3) is 0.0952. The molecule has 2 heterocycles. The van der Waals surface area contributed by atoms with Crippen molar-refractivity contribution in [3.8, 4) is 11.6 Å². The third kappa shape index (κ3) is 3.88. The number of fused-ring (bicyclic) bond motifs is 1. The predicted molar refractivity (Wildman–Crippen MR) is 113 cm³/mol. The number of rotatable bonds is 5. The number of hydrogen-bond acceptors (Lipinski definition) is 5. The van der Waals surface area contributed by atoms with Gasteiger partial charge in [-0.15, -0.1) is 0 Å². The molecule has 5 nitrogen and oxygen atoms in total. The van der Waals surface area contributed by atoms with Gasteiger partial charge in [-0.25, -0.2) is 9.97 Å². The Kier molecular flexibility index (Phi) is 5.32. The fourth-order valence-electron chi connectivity index (χ4n) is 2.67. The highest BCUT2D eigenvalue weighted by Gasteiger charge is 2.19. The molecular weight excluding hydrogens is 394 g/mol. The number of hydrogen-bond donors (Lipinski definition) is 1. The molecule has 28 heavy (non-hydrogen) atoms. The minimum Gasteiger partial charge on any atom is -0.461 e. The van der Waals surface area contributed by atoms with Gasteiger partial charge in [0, 0.05) is 5.39 Å². The molecule has 4 aromatic rings. The average Bonchev–Trinajstić information content (AvgIpc) is 3.24. The summed E-state index contributed by atoms with van der Waals surface area (Å²) in [5.41, 5.74) is 1.38. The second kappa shape index (κ2) is 8.04. The highest BCUT2D eigenvalue weighted by molar-refractivity contribution is 8.00. The quantitative estimate of drug-likeness (QED) is 0.340. The number of carbonyl (C=O) groups excluding carboxylic acids is 1. The lowest BCUT2D eigenvalue weighted by atomic mass is 10.2. The first kappa shape index (κ1) is 18.5. The molecule has 0 saturated carbocycles. The van der Waals surface area contributed by atoms with Crippen LogP contribution in [0.5, 0.6) is 0 Å². The van der Waals surface area contributed by atoms with Crippen molar-refractivity contribution < 1.29 is 9.21 Å². The summed E-state index contributed by atoms with van der Waals surface area (Å²) in [4.78, 5) is 21.9. The zero-order valence-electron chi connectivity index (χ0n) is 14.9. The number of nitrogens with one attached hydrogen (secondary N) is 1. The number of furan rings is 1. The van der Waals surface area contributed by atoms with Gasteiger partial charge in [-0.3, -0.25) is 4.79 Å². The first-order valence-corrected chi connectivity index (χ1v) is 9.90. The van der Waals surface area contributed by atoms with Crippen LogP contribution in [0.25, 0.3) is 22.5 Å². The number of anilines is 1. The van der Waals surface area contributed by atoms with Gasteiger partial charge in [-0.2, -0.15) is 0 Å². The van der Waals surface area contributed by atoms with Crippen molar-refractivity contribution in [3.05, 3.63) is 71.9 Å². The Bertz CT molecular complexity index is 1130. The first-order valence-electron chi connectivity index (χ1n) is 8.64. The molecule has 0 aliphatic heterocycles. The van der Waals surface area contributed by atoms with E-state index in [1.54, 1.807) is 24.5 Å². The van der Waals surface area contributed by atoms with E-state index in [2.05, 4.69) is 15.3 Å². The van der Waals surface area contributed by atoms with Crippen molar-refractivity contribution in [1.82, 2.24) is 9.97 Å². The summed E-state index contributed by atoms with van der Waals surface area (Å²) in [6, 6.07) is 18.5. The average molecular weight is 410 g/mol. The minimum atomic E-state index is -0.390. The number of para-hydroxylation sites is 2. The van der Waals surface area contributed by atoms with E-state index in [1.807, 2.05) is 49.4 Å². The molecule has 0 fully saturated rings. The van der Waals surface area contributed by atoms with Crippen LogP contribution in [0.15, 0.2) is 76.4 Å². The van der Waals surface area contributed by atoms with Gasteiger partial charge in [0.05, 0.1) is 27.7 Å². The minimum absolute atomic E-state index is 0.152. The second-order valence-corrected chi connectivity index (χ2v) is 7.81. The van der Waals surface area contributed by atoms with Gasteiger partial charge in [0.25, 0.3) is 0 Å². The molecule has 1 unspecified atom stereocenters. The molecule has 1 atom stereocenters. The molecule has 2 aromatic carbocycles. The zero-order chi connectivity index (χ0) is 19.5. The van der Waals surface area contributed by atoms with Crippen molar-refractivity contribution in [3.63, 3.8) is 0 Å². The topological polar surface area (TPSA) is 68.0 Å². The molecule has 0 saturated heterocycles. The molecule has 0 radical (unpaired) electrons. The standard InChI is InChI=1S/C21H16ClN3O2S/c1-13(20(26)24-17-10-5-3-8-15(17)22)28-21-14-7-2-4-9-16(14)23-19(25-21)18-11-6-12-27-18/h2-13H,1H3,(H,24,26). The molecule has 4 rings (SSSR count). The van der Waals surface area contributed by atoms with Crippen LogP contribution in [-0.4, -0.2) is 21.1 Å². The van der Waals surface area contributed by atoms with Crippen molar-refractivity contribution in [2.45, 2.75) is 17.2 Å². The number of carbonyl (C=O) groups is 1. The summed E-state index contributed by atoms with van der Waals surface area (Å²) in [6.45, 7) is 1.83. The Morgan fingerprint density at radius 1 is 1.07 bits per heavy atom. The third-order valence-electron chi connectivity index (χ3n) is 4.10. The second-order valence-electron chi connectivity index (χ2n) is 6.08. The smallest absolute Gasteiger partial charge is 0.237 e. The Balaban J connectivity index is 1.63. The summed E-state index contributed by atoms with van der Waals surface area (Å²) in [6.07, 6.45) is 1.58. The van der Waals surface area contributed by atoms with Crippen molar-refractivity contribution in [2.24, 2.45) is 0 Å². The molecule has 0 aliphatic rings. The lowest BCUT2D eigenvalue weighted by Gasteiger charge is -2.14. The lowest BCUT2D eigenvalue weighted by Crippen LogP contribution is -2.22. The van der Waals surface area contributed by atoms with E-state index in [9.17, 15) is 4.79 Å². The van der Waals surface area contributed by atoms with Crippen LogP contribution in [0.4, 0.5) is 5.69 Å². The Morgan fingerprint density at radius 3 is 2.64 bits per heavy atom. The SMILES string of the molecule is CC(Sc1nc(-c2ccco2)nc2ccccc12)C(=O)Nc1ccccc1Cl. The molecule has 0 aliphatic carbocycles. The number of benzene rings is 2. The lowest BCUT2D eigenvalue weighted by molar-refractivity contribution is -0.115. The summed E-state index contributed by atoms with van der Waals surface area (Å²) in [7, 11) is 0. The molecule has 2 aromatic heterocycles. The molecular formula is C21H16ClN3O2S. The van der Waals surface area contributed by atoms with Crippen LogP contribution >= 0.6 is 23.4 Å². The van der Waals surface area contributed by atoms with Crippen LogP contribution in [0, 0.1) is 0 Å².